The van der Waals surface area contributed by atoms with Crippen LogP contribution in [0.15, 0.2) is 0 Å². The Kier molecular flexibility index (Phi) is 4.22. The van der Waals surface area contributed by atoms with Crippen LogP contribution in [-0.4, -0.2) is 23.7 Å². The van der Waals surface area contributed by atoms with Gasteiger partial charge in [-0.05, 0) is 38.1 Å². The molecule has 13 heavy (non-hydrogen) atoms. The average Bonchev–Trinajstić information content (AvgIpc) is 2.08. The summed E-state index contributed by atoms with van der Waals surface area (Å²) < 4.78 is 0. The molecule has 0 atom stereocenters. The van der Waals surface area contributed by atoms with E-state index in [1.54, 1.807) is 0 Å². The molecule has 0 spiro atoms. The second-order valence-electron chi connectivity index (χ2n) is 3.87. The molecule has 1 aliphatic rings. The third kappa shape index (κ3) is 3.77. The van der Waals surface area contributed by atoms with Gasteiger partial charge < -0.3 is 10.4 Å². The van der Waals surface area contributed by atoms with E-state index in [2.05, 4.69) is 12.2 Å². The third-order valence-electron chi connectivity index (χ3n) is 2.80. The monoisotopic (exact) mass is 185 g/mol. The fraction of sp³-hybridized carbons (Fsp3) is 0.900. The second kappa shape index (κ2) is 5.22. The Bertz CT molecular complexity index is 162. The van der Waals surface area contributed by atoms with E-state index in [4.69, 9.17) is 5.11 Å². The van der Waals surface area contributed by atoms with Crippen LogP contribution in [0.25, 0.3) is 0 Å². The predicted octanol–water partition coefficient (Wildman–Crippen LogP) is 1.63. The maximum absolute atomic E-state index is 10.5. The molecule has 2 N–H and O–H groups in total. The van der Waals surface area contributed by atoms with Crippen LogP contribution < -0.4 is 5.32 Å². The molecule has 1 fully saturated rings. The number of aliphatic carboxylic acids is 1. The van der Waals surface area contributed by atoms with Crippen molar-refractivity contribution in [3.63, 3.8) is 0 Å². The van der Waals surface area contributed by atoms with Crippen molar-refractivity contribution in [2.45, 2.75) is 45.1 Å². The number of carboxylic acids is 1. The molecule has 0 aliphatic heterocycles. The molecule has 3 nitrogen and oxygen atoms in total. The molecular formula is C10H19NO2. The van der Waals surface area contributed by atoms with Gasteiger partial charge in [0.2, 0.25) is 0 Å². The molecule has 3 heteroatoms. The summed E-state index contributed by atoms with van der Waals surface area (Å²) in [5, 5.41) is 12.0. The Labute approximate surface area is 79.5 Å². The smallest absolute Gasteiger partial charge is 0.303 e. The normalized spacial score (nSPS) is 28.7. The van der Waals surface area contributed by atoms with E-state index in [1.165, 1.54) is 0 Å². The van der Waals surface area contributed by atoms with Crippen LogP contribution in [0.5, 0.6) is 0 Å². The Hall–Kier alpha value is -0.570. The van der Waals surface area contributed by atoms with Gasteiger partial charge in [0.1, 0.15) is 0 Å². The molecule has 1 saturated carbocycles. The fourth-order valence-electron chi connectivity index (χ4n) is 2.11. The maximum Gasteiger partial charge on any atom is 0.303 e. The summed E-state index contributed by atoms with van der Waals surface area (Å²) in [7, 11) is 0. The van der Waals surface area contributed by atoms with Crippen molar-refractivity contribution >= 4 is 5.97 Å². The number of rotatable bonds is 4. The van der Waals surface area contributed by atoms with Crippen molar-refractivity contribution in [1.82, 2.24) is 5.32 Å². The molecule has 1 aliphatic carbocycles. The van der Waals surface area contributed by atoms with Gasteiger partial charge >= 0.3 is 5.97 Å². The van der Waals surface area contributed by atoms with Crippen LogP contribution in [0.4, 0.5) is 0 Å². The standard InChI is InChI=1S/C10H19NO2/c1-2-11-9-5-3-8(4-6-9)7-10(12)13/h8-9,11H,2-7H2,1H3,(H,12,13). The number of carboxylic acid groups (broad SMARTS) is 1. The van der Waals surface area contributed by atoms with Crippen LogP contribution in [0, 0.1) is 5.92 Å². The summed E-state index contributed by atoms with van der Waals surface area (Å²) in [5.74, 6) is -0.223. The van der Waals surface area contributed by atoms with Gasteiger partial charge in [0.25, 0.3) is 0 Å². The minimum absolute atomic E-state index is 0.360. The molecule has 0 saturated heterocycles. The number of hydrogen-bond donors (Lipinski definition) is 2. The predicted molar refractivity (Wildman–Crippen MR) is 51.7 cm³/mol. The zero-order chi connectivity index (χ0) is 9.68. The topological polar surface area (TPSA) is 49.3 Å². The van der Waals surface area contributed by atoms with Crippen molar-refractivity contribution in [2.24, 2.45) is 5.92 Å². The first-order valence-electron chi connectivity index (χ1n) is 5.17. The molecular weight excluding hydrogens is 166 g/mol. The first kappa shape index (κ1) is 10.5. The van der Waals surface area contributed by atoms with Gasteiger partial charge in [0, 0.05) is 12.5 Å². The molecule has 76 valence electrons. The molecule has 0 aromatic carbocycles. The van der Waals surface area contributed by atoms with E-state index in [9.17, 15) is 4.79 Å². The second-order valence-corrected chi connectivity index (χ2v) is 3.87. The Morgan fingerprint density at radius 1 is 1.38 bits per heavy atom. The summed E-state index contributed by atoms with van der Waals surface area (Å²) in [6.45, 7) is 3.14. The fourth-order valence-corrected chi connectivity index (χ4v) is 2.11. The van der Waals surface area contributed by atoms with Crippen molar-refractivity contribution in [3.8, 4) is 0 Å². The first-order valence-corrected chi connectivity index (χ1v) is 5.17. The molecule has 0 aromatic heterocycles. The highest BCUT2D eigenvalue weighted by Crippen LogP contribution is 2.26. The van der Waals surface area contributed by atoms with Crippen LogP contribution >= 0.6 is 0 Å². The third-order valence-corrected chi connectivity index (χ3v) is 2.80. The van der Waals surface area contributed by atoms with Crippen molar-refractivity contribution in [1.29, 1.82) is 0 Å². The summed E-state index contributed by atoms with van der Waals surface area (Å²) >= 11 is 0. The molecule has 0 radical (unpaired) electrons. The molecule has 0 aromatic rings. The van der Waals surface area contributed by atoms with Gasteiger partial charge in [-0.1, -0.05) is 6.92 Å². The van der Waals surface area contributed by atoms with Gasteiger partial charge in [-0.2, -0.15) is 0 Å². The minimum atomic E-state index is -0.646. The summed E-state index contributed by atoms with van der Waals surface area (Å²) in [6.07, 6.45) is 4.80. The Morgan fingerprint density at radius 2 is 2.00 bits per heavy atom. The van der Waals surface area contributed by atoms with Gasteiger partial charge in [0.05, 0.1) is 0 Å². The quantitative estimate of drug-likeness (QED) is 0.700. The molecule has 1 rings (SSSR count). The lowest BCUT2D eigenvalue weighted by molar-refractivity contribution is -0.138. The van der Waals surface area contributed by atoms with Crippen LogP contribution in [-0.2, 0) is 4.79 Å². The van der Waals surface area contributed by atoms with E-state index in [0.29, 0.717) is 18.4 Å². The molecule has 0 unspecified atom stereocenters. The summed E-state index contributed by atoms with van der Waals surface area (Å²) in [6, 6.07) is 0.634. The number of nitrogens with one attached hydrogen (secondary N) is 1. The van der Waals surface area contributed by atoms with E-state index >= 15 is 0 Å². The van der Waals surface area contributed by atoms with Crippen LogP contribution in [0.3, 0.4) is 0 Å². The van der Waals surface area contributed by atoms with Crippen LogP contribution in [0.2, 0.25) is 0 Å². The zero-order valence-electron chi connectivity index (χ0n) is 8.25. The van der Waals surface area contributed by atoms with E-state index in [0.717, 1.165) is 32.2 Å². The number of carbonyl (C=O) groups is 1. The Morgan fingerprint density at radius 3 is 2.46 bits per heavy atom. The highest BCUT2D eigenvalue weighted by atomic mass is 16.4. The van der Waals surface area contributed by atoms with E-state index in [1.807, 2.05) is 0 Å². The SMILES string of the molecule is CCNC1CCC(CC(=O)O)CC1. The highest BCUT2D eigenvalue weighted by molar-refractivity contribution is 5.67. The van der Waals surface area contributed by atoms with Crippen molar-refractivity contribution in [3.05, 3.63) is 0 Å². The molecule has 0 amide bonds. The highest BCUT2D eigenvalue weighted by Gasteiger charge is 2.21. The van der Waals surface area contributed by atoms with Gasteiger partial charge in [-0.25, -0.2) is 0 Å². The van der Waals surface area contributed by atoms with Gasteiger partial charge in [-0.15, -0.1) is 0 Å². The Balaban J connectivity index is 2.18. The zero-order valence-corrected chi connectivity index (χ0v) is 8.25. The minimum Gasteiger partial charge on any atom is -0.481 e. The largest absolute Gasteiger partial charge is 0.481 e. The summed E-state index contributed by atoms with van der Waals surface area (Å²) in [5.41, 5.74) is 0. The van der Waals surface area contributed by atoms with Crippen LogP contribution in [0.1, 0.15) is 39.0 Å². The molecule has 0 heterocycles. The lowest BCUT2D eigenvalue weighted by Crippen LogP contribution is -2.33. The average molecular weight is 185 g/mol. The van der Waals surface area contributed by atoms with Gasteiger partial charge in [-0.3, -0.25) is 4.79 Å². The van der Waals surface area contributed by atoms with E-state index in [-0.39, 0.29) is 0 Å². The van der Waals surface area contributed by atoms with E-state index < -0.39 is 5.97 Å². The summed E-state index contributed by atoms with van der Waals surface area (Å²) in [4.78, 5) is 10.5. The van der Waals surface area contributed by atoms with Crippen molar-refractivity contribution < 1.29 is 9.90 Å². The number of hydrogen-bond acceptors (Lipinski definition) is 2. The molecule has 0 bridgehead atoms. The van der Waals surface area contributed by atoms with Gasteiger partial charge in [0.15, 0.2) is 0 Å². The maximum atomic E-state index is 10.5. The van der Waals surface area contributed by atoms with Crippen molar-refractivity contribution in [2.75, 3.05) is 6.54 Å². The lowest BCUT2D eigenvalue weighted by Gasteiger charge is -2.27. The first-order chi connectivity index (χ1) is 6.22. The lowest BCUT2D eigenvalue weighted by atomic mass is 9.84.